The highest BCUT2D eigenvalue weighted by Crippen LogP contribution is 2.41. The Bertz CT molecular complexity index is 1330. The first-order valence-corrected chi connectivity index (χ1v) is 11.0. The van der Waals surface area contributed by atoms with Gasteiger partial charge in [0.15, 0.2) is 0 Å². The zero-order valence-electron chi connectivity index (χ0n) is 17.2. The van der Waals surface area contributed by atoms with E-state index in [-0.39, 0.29) is 17.9 Å². The summed E-state index contributed by atoms with van der Waals surface area (Å²) in [5, 5.41) is 5.87. The Labute approximate surface area is 180 Å². The van der Waals surface area contributed by atoms with Gasteiger partial charge in [0.1, 0.15) is 0 Å². The monoisotopic (exact) mass is 411 g/mol. The first-order chi connectivity index (χ1) is 15.1. The minimum Gasteiger partial charge on any atom is -0.375 e. The van der Waals surface area contributed by atoms with Crippen molar-refractivity contribution in [3.8, 4) is 0 Å². The lowest BCUT2D eigenvalue weighted by Gasteiger charge is -2.15. The van der Waals surface area contributed by atoms with Gasteiger partial charge in [-0.2, -0.15) is 0 Å². The number of rotatable bonds is 3. The van der Waals surface area contributed by atoms with Crippen LogP contribution in [-0.4, -0.2) is 27.6 Å². The van der Waals surface area contributed by atoms with Crippen molar-refractivity contribution < 1.29 is 4.79 Å². The molecule has 2 atom stereocenters. The van der Waals surface area contributed by atoms with Gasteiger partial charge in [0.2, 0.25) is 5.91 Å². The second-order valence-electron chi connectivity index (χ2n) is 8.80. The fraction of sp³-hybridized carbons (Fsp3) is 0.280. The van der Waals surface area contributed by atoms with E-state index in [4.69, 9.17) is 10.7 Å². The van der Waals surface area contributed by atoms with Crippen LogP contribution in [0.25, 0.3) is 18.2 Å². The van der Waals surface area contributed by atoms with Gasteiger partial charge in [-0.3, -0.25) is 9.79 Å². The zero-order valence-corrected chi connectivity index (χ0v) is 17.2. The molecule has 1 amide bonds. The van der Waals surface area contributed by atoms with E-state index in [1.54, 1.807) is 0 Å². The van der Waals surface area contributed by atoms with Crippen LogP contribution in [0.2, 0.25) is 0 Å². The molecule has 2 unspecified atom stereocenters. The summed E-state index contributed by atoms with van der Waals surface area (Å²) in [6.07, 6.45) is 12.8. The summed E-state index contributed by atoms with van der Waals surface area (Å²) in [6, 6.07) is 8.55. The van der Waals surface area contributed by atoms with E-state index in [0.717, 1.165) is 59.2 Å². The molecule has 6 nitrogen and oxygen atoms in total. The number of hydrogen-bond acceptors (Lipinski definition) is 3. The van der Waals surface area contributed by atoms with Gasteiger partial charge in [-0.05, 0) is 79.3 Å². The van der Waals surface area contributed by atoms with Crippen LogP contribution in [0.15, 0.2) is 57.9 Å². The van der Waals surface area contributed by atoms with Gasteiger partial charge >= 0.3 is 0 Å². The van der Waals surface area contributed by atoms with Crippen LogP contribution in [0.1, 0.15) is 43.5 Å². The van der Waals surface area contributed by atoms with E-state index < -0.39 is 0 Å². The number of carbonyl (C=O) groups excluding carboxylic acids is 1. The third-order valence-electron chi connectivity index (χ3n) is 6.57. The number of nitrogens with two attached hydrogens (primary N) is 1. The molecular weight excluding hydrogens is 386 g/mol. The van der Waals surface area contributed by atoms with Gasteiger partial charge in [0.05, 0.1) is 6.04 Å². The number of primary amides is 1. The quantitative estimate of drug-likeness (QED) is 0.621. The third kappa shape index (κ3) is 3.38. The molecule has 156 valence electrons. The largest absolute Gasteiger partial charge is 0.375 e. The number of carbonyl (C=O) groups is 1. The van der Waals surface area contributed by atoms with E-state index >= 15 is 0 Å². The molecule has 6 rings (SSSR count). The normalized spacial score (nSPS) is 23.5. The lowest BCUT2D eigenvalue weighted by molar-refractivity contribution is -0.118. The standard InChI is InChI=1S/C25H25N5O/c26-23(31)8-2-15-10-21-13-19-6-4-17(28-19)11-16-3-5-18(27-16)12-20-9-14-1-7-22(24(14)29-20)25(15)30-21/h3-6,9,11-13,15,20,27-29H,1-2,7-8,10H2,(H2,26,31). The van der Waals surface area contributed by atoms with Crippen molar-refractivity contribution in [3.63, 3.8) is 0 Å². The summed E-state index contributed by atoms with van der Waals surface area (Å²) in [7, 11) is 0. The second-order valence-corrected chi connectivity index (χ2v) is 8.80. The Kier molecular flexibility index (Phi) is 4.13. The summed E-state index contributed by atoms with van der Waals surface area (Å²) in [6.45, 7) is 0. The number of fused-ring (bicyclic) bond motifs is 7. The summed E-state index contributed by atoms with van der Waals surface area (Å²) in [4.78, 5) is 23.5. The van der Waals surface area contributed by atoms with E-state index in [9.17, 15) is 4.79 Å². The Balaban J connectivity index is 1.49. The summed E-state index contributed by atoms with van der Waals surface area (Å²) in [5.74, 6) is -0.0178. The number of amides is 1. The lowest BCUT2D eigenvalue weighted by atomic mass is 9.90. The molecule has 0 saturated heterocycles. The molecule has 31 heavy (non-hydrogen) atoms. The average molecular weight is 412 g/mol. The maximum absolute atomic E-state index is 11.5. The van der Waals surface area contributed by atoms with E-state index in [1.807, 2.05) is 0 Å². The van der Waals surface area contributed by atoms with Gasteiger partial charge in [0.25, 0.3) is 0 Å². The zero-order chi connectivity index (χ0) is 20.9. The molecule has 6 heteroatoms. The molecule has 5 heterocycles. The van der Waals surface area contributed by atoms with Crippen LogP contribution >= 0.6 is 0 Å². The topological polar surface area (TPSA) is 99.1 Å². The van der Waals surface area contributed by atoms with Gasteiger partial charge in [-0.1, -0.05) is 6.08 Å². The summed E-state index contributed by atoms with van der Waals surface area (Å²) < 4.78 is 0. The molecule has 0 fully saturated rings. The summed E-state index contributed by atoms with van der Waals surface area (Å²) in [5.41, 5.74) is 13.6. The lowest BCUT2D eigenvalue weighted by Crippen LogP contribution is -2.24. The number of allylic oxidation sites excluding steroid dienone is 3. The molecule has 0 radical (unpaired) electrons. The van der Waals surface area contributed by atoms with Crippen LogP contribution < -0.4 is 21.7 Å². The Morgan fingerprint density at radius 2 is 1.87 bits per heavy atom. The average Bonchev–Trinajstić information content (AvgIpc) is 3.51. The predicted octanol–water partition coefficient (Wildman–Crippen LogP) is 1.98. The number of aromatic nitrogens is 2. The summed E-state index contributed by atoms with van der Waals surface area (Å²) >= 11 is 0. The molecule has 8 bridgehead atoms. The Morgan fingerprint density at radius 1 is 1.03 bits per heavy atom. The van der Waals surface area contributed by atoms with E-state index in [1.165, 1.54) is 16.8 Å². The van der Waals surface area contributed by atoms with Crippen molar-refractivity contribution >= 4 is 29.8 Å². The predicted molar refractivity (Wildman–Crippen MR) is 122 cm³/mol. The van der Waals surface area contributed by atoms with Crippen LogP contribution in [0.3, 0.4) is 0 Å². The molecule has 3 aliphatic heterocycles. The highest BCUT2D eigenvalue weighted by molar-refractivity contribution is 6.06. The first-order valence-electron chi connectivity index (χ1n) is 11.0. The molecule has 5 N–H and O–H groups in total. The van der Waals surface area contributed by atoms with Crippen molar-refractivity contribution in [3.05, 3.63) is 75.0 Å². The highest BCUT2D eigenvalue weighted by atomic mass is 16.1. The fourth-order valence-corrected chi connectivity index (χ4v) is 5.17. The van der Waals surface area contributed by atoms with Crippen molar-refractivity contribution in [2.24, 2.45) is 16.6 Å². The van der Waals surface area contributed by atoms with Gasteiger partial charge < -0.3 is 21.0 Å². The van der Waals surface area contributed by atoms with Crippen LogP contribution in [0.5, 0.6) is 0 Å². The molecule has 4 aliphatic rings. The Hall–Kier alpha value is -3.54. The van der Waals surface area contributed by atoms with Crippen LogP contribution in [0, 0.1) is 5.92 Å². The number of H-pyrrole nitrogens is 2. The Morgan fingerprint density at radius 3 is 2.74 bits per heavy atom. The minimum absolute atomic E-state index is 0.165. The highest BCUT2D eigenvalue weighted by Gasteiger charge is 2.34. The molecule has 0 saturated carbocycles. The second kappa shape index (κ2) is 7.01. The molecule has 0 aromatic carbocycles. The number of aromatic amines is 2. The van der Waals surface area contributed by atoms with Crippen molar-refractivity contribution in [2.75, 3.05) is 0 Å². The van der Waals surface area contributed by atoms with Gasteiger partial charge in [-0.25, -0.2) is 0 Å². The van der Waals surface area contributed by atoms with Crippen LogP contribution in [0.4, 0.5) is 0 Å². The smallest absolute Gasteiger partial charge is 0.217 e. The third-order valence-corrected chi connectivity index (χ3v) is 6.57. The number of nitrogens with one attached hydrogen (secondary N) is 3. The SMILES string of the molecule is NC(=O)CCC1CC2=Cc3ccc([nH]3)C=c3ccc([nH]3)=CC3C=C4CCC(=C4N3)C1=N2. The molecule has 0 spiro atoms. The maximum Gasteiger partial charge on any atom is 0.217 e. The van der Waals surface area contributed by atoms with E-state index in [0.29, 0.717) is 6.42 Å². The molecule has 2 aromatic heterocycles. The van der Waals surface area contributed by atoms with Crippen molar-refractivity contribution in [2.45, 2.75) is 38.1 Å². The first kappa shape index (κ1) is 18.2. The number of hydrogen-bond donors (Lipinski definition) is 4. The van der Waals surface area contributed by atoms with Crippen molar-refractivity contribution in [1.82, 2.24) is 15.3 Å². The molecule has 2 aromatic rings. The molecular formula is C25H25N5O. The number of nitrogens with zero attached hydrogens (tertiary/aromatic N) is 1. The van der Waals surface area contributed by atoms with E-state index in [2.05, 4.69) is 63.9 Å². The fourth-order valence-electron chi connectivity index (χ4n) is 5.17. The van der Waals surface area contributed by atoms with Gasteiger partial charge in [-0.15, -0.1) is 0 Å². The van der Waals surface area contributed by atoms with Gasteiger partial charge in [0, 0.05) is 51.5 Å². The molecule has 1 aliphatic carbocycles. The van der Waals surface area contributed by atoms with Crippen LogP contribution in [-0.2, 0) is 4.79 Å². The maximum atomic E-state index is 11.5. The minimum atomic E-state index is -0.247. The van der Waals surface area contributed by atoms with Crippen molar-refractivity contribution in [1.29, 1.82) is 0 Å². The number of aliphatic imine (C=N–C) groups is 1.